The van der Waals surface area contributed by atoms with Crippen molar-refractivity contribution in [2.75, 3.05) is 31.6 Å². The fourth-order valence-electron chi connectivity index (χ4n) is 2.66. The lowest BCUT2D eigenvalue weighted by Crippen LogP contribution is -2.40. The van der Waals surface area contributed by atoms with Crippen molar-refractivity contribution in [3.8, 4) is 0 Å². The van der Waals surface area contributed by atoms with Crippen LogP contribution in [0.25, 0.3) is 0 Å². The number of rotatable bonds is 5. The van der Waals surface area contributed by atoms with E-state index in [9.17, 15) is 18.5 Å². The molecule has 26 heavy (non-hydrogen) atoms. The number of benzene rings is 2. The Hall–Kier alpha value is -2.49. The van der Waals surface area contributed by atoms with Crippen molar-refractivity contribution in [2.45, 2.75) is 11.8 Å². The standard InChI is InChI=1S/C17H19N3O5S/c1-13-2-4-14(5-3-13)18-16-7-6-15(12-17(16)20(21)22)26(23,24)19-8-10-25-11-9-19/h2-7,12,18H,8-11H2,1H3. The Bertz CT molecular complexity index is 906. The second-order valence-electron chi connectivity index (χ2n) is 5.94. The molecule has 1 aliphatic heterocycles. The Kier molecular flexibility index (Phi) is 5.21. The third kappa shape index (κ3) is 3.85. The van der Waals surface area contributed by atoms with Gasteiger partial charge >= 0.3 is 0 Å². The van der Waals surface area contributed by atoms with Crippen molar-refractivity contribution in [2.24, 2.45) is 0 Å². The molecule has 0 unspecified atom stereocenters. The highest BCUT2D eigenvalue weighted by molar-refractivity contribution is 7.89. The highest BCUT2D eigenvalue weighted by Crippen LogP contribution is 2.31. The number of anilines is 2. The van der Waals surface area contributed by atoms with Gasteiger partial charge in [-0.3, -0.25) is 10.1 Å². The van der Waals surface area contributed by atoms with Crippen LogP contribution in [-0.2, 0) is 14.8 Å². The third-order valence-electron chi connectivity index (χ3n) is 4.10. The fraction of sp³-hybridized carbons (Fsp3) is 0.294. The Morgan fingerprint density at radius 1 is 1.12 bits per heavy atom. The van der Waals surface area contributed by atoms with E-state index >= 15 is 0 Å². The molecule has 1 saturated heterocycles. The second-order valence-corrected chi connectivity index (χ2v) is 7.88. The number of nitro benzene ring substituents is 1. The first-order chi connectivity index (χ1) is 12.4. The minimum Gasteiger partial charge on any atom is -0.379 e. The monoisotopic (exact) mass is 377 g/mol. The molecule has 9 heteroatoms. The lowest BCUT2D eigenvalue weighted by Gasteiger charge is -2.26. The van der Waals surface area contributed by atoms with Gasteiger partial charge in [0.1, 0.15) is 5.69 Å². The minimum absolute atomic E-state index is 0.0967. The molecule has 0 amide bonds. The van der Waals surface area contributed by atoms with Crippen molar-refractivity contribution in [3.63, 3.8) is 0 Å². The summed E-state index contributed by atoms with van der Waals surface area (Å²) in [6.07, 6.45) is 0. The topological polar surface area (TPSA) is 102 Å². The van der Waals surface area contributed by atoms with Crippen molar-refractivity contribution >= 4 is 27.1 Å². The van der Waals surface area contributed by atoms with Crippen LogP contribution in [-0.4, -0.2) is 43.9 Å². The van der Waals surface area contributed by atoms with Gasteiger partial charge in [0.2, 0.25) is 10.0 Å². The number of nitrogens with zero attached hydrogens (tertiary/aromatic N) is 2. The maximum atomic E-state index is 12.7. The lowest BCUT2D eigenvalue weighted by molar-refractivity contribution is -0.384. The summed E-state index contributed by atoms with van der Waals surface area (Å²) >= 11 is 0. The zero-order valence-corrected chi connectivity index (χ0v) is 15.0. The Morgan fingerprint density at radius 2 is 1.77 bits per heavy atom. The fourth-order valence-corrected chi connectivity index (χ4v) is 4.09. The summed E-state index contributed by atoms with van der Waals surface area (Å²) in [7, 11) is -3.79. The summed E-state index contributed by atoms with van der Waals surface area (Å²) in [4.78, 5) is 10.8. The number of nitro groups is 1. The summed E-state index contributed by atoms with van der Waals surface area (Å²) in [6, 6.07) is 11.3. The van der Waals surface area contributed by atoms with Gasteiger partial charge in [0.15, 0.2) is 0 Å². The maximum Gasteiger partial charge on any atom is 0.294 e. The van der Waals surface area contributed by atoms with Gasteiger partial charge in [-0.25, -0.2) is 8.42 Å². The van der Waals surface area contributed by atoms with E-state index in [0.29, 0.717) is 18.9 Å². The van der Waals surface area contributed by atoms with Crippen molar-refractivity contribution in [3.05, 3.63) is 58.1 Å². The van der Waals surface area contributed by atoms with Gasteiger partial charge in [-0.15, -0.1) is 0 Å². The van der Waals surface area contributed by atoms with Crippen LogP contribution in [0.2, 0.25) is 0 Å². The van der Waals surface area contributed by atoms with E-state index in [-0.39, 0.29) is 29.4 Å². The number of nitrogens with one attached hydrogen (secondary N) is 1. The van der Waals surface area contributed by atoms with Crippen LogP contribution in [0, 0.1) is 17.0 Å². The number of sulfonamides is 1. The average molecular weight is 377 g/mol. The molecule has 2 aromatic carbocycles. The van der Waals surface area contributed by atoms with Crippen molar-refractivity contribution in [1.29, 1.82) is 0 Å². The molecule has 138 valence electrons. The largest absolute Gasteiger partial charge is 0.379 e. The van der Waals surface area contributed by atoms with Gasteiger partial charge in [0.05, 0.1) is 23.0 Å². The number of ether oxygens (including phenoxy) is 1. The highest BCUT2D eigenvalue weighted by Gasteiger charge is 2.28. The first kappa shape index (κ1) is 18.3. The molecule has 0 saturated carbocycles. The SMILES string of the molecule is Cc1ccc(Nc2ccc(S(=O)(=O)N3CCOCC3)cc2[N+](=O)[O-])cc1. The Balaban J connectivity index is 1.93. The lowest BCUT2D eigenvalue weighted by atomic mass is 10.2. The predicted molar refractivity (Wildman–Crippen MR) is 97.1 cm³/mol. The number of hydrogen-bond acceptors (Lipinski definition) is 6. The Labute approximate surface area is 151 Å². The summed E-state index contributed by atoms with van der Waals surface area (Å²) in [5.41, 5.74) is 1.69. The molecule has 1 aliphatic rings. The van der Waals surface area contributed by atoms with E-state index < -0.39 is 14.9 Å². The average Bonchev–Trinajstić information content (AvgIpc) is 2.64. The van der Waals surface area contributed by atoms with Gasteiger partial charge in [-0.05, 0) is 31.2 Å². The molecule has 0 bridgehead atoms. The molecule has 0 atom stereocenters. The summed E-state index contributed by atoms with van der Waals surface area (Å²) in [6.45, 7) is 3.04. The zero-order valence-electron chi connectivity index (χ0n) is 14.2. The van der Waals surface area contributed by atoms with Crippen LogP contribution >= 0.6 is 0 Å². The smallest absolute Gasteiger partial charge is 0.294 e. The summed E-state index contributed by atoms with van der Waals surface area (Å²) in [5, 5.41) is 14.4. The number of morpholine rings is 1. The normalized spacial score (nSPS) is 15.6. The maximum absolute atomic E-state index is 12.7. The van der Waals surface area contributed by atoms with Gasteiger partial charge in [-0.2, -0.15) is 4.31 Å². The van der Waals surface area contributed by atoms with Crippen molar-refractivity contribution < 1.29 is 18.1 Å². The van der Waals surface area contributed by atoms with Crippen LogP contribution in [0.1, 0.15) is 5.56 Å². The third-order valence-corrected chi connectivity index (χ3v) is 6.00. The summed E-state index contributed by atoms with van der Waals surface area (Å²) in [5.74, 6) is 0. The molecule has 0 aliphatic carbocycles. The van der Waals surface area contributed by atoms with E-state index in [1.165, 1.54) is 16.4 Å². The molecule has 0 radical (unpaired) electrons. The van der Waals surface area contributed by atoms with Gasteiger partial charge in [0, 0.05) is 24.8 Å². The summed E-state index contributed by atoms with van der Waals surface area (Å²) < 4.78 is 31.8. The molecule has 8 nitrogen and oxygen atoms in total. The predicted octanol–water partition coefficient (Wildman–Crippen LogP) is 2.67. The first-order valence-corrected chi connectivity index (χ1v) is 9.52. The molecule has 3 rings (SSSR count). The van der Waals surface area contributed by atoms with Crippen LogP contribution in [0.5, 0.6) is 0 Å². The van der Waals surface area contributed by atoms with Crippen LogP contribution in [0.4, 0.5) is 17.1 Å². The zero-order chi connectivity index (χ0) is 18.7. The van der Waals surface area contributed by atoms with Gasteiger partial charge in [0.25, 0.3) is 5.69 Å². The van der Waals surface area contributed by atoms with Crippen LogP contribution < -0.4 is 5.32 Å². The van der Waals surface area contributed by atoms with E-state index in [4.69, 9.17) is 4.74 Å². The highest BCUT2D eigenvalue weighted by atomic mass is 32.2. The molecule has 1 heterocycles. The van der Waals surface area contributed by atoms with Crippen LogP contribution in [0.15, 0.2) is 47.4 Å². The van der Waals surface area contributed by atoms with Gasteiger partial charge in [-0.1, -0.05) is 17.7 Å². The molecular weight excluding hydrogens is 358 g/mol. The molecule has 1 N–H and O–H groups in total. The number of aryl methyl sites for hydroxylation is 1. The van der Waals surface area contributed by atoms with Crippen molar-refractivity contribution in [1.82, 2.24) is 4.31 Å². The molecule has 0 spiro atoms. The molecule has 0 aromatic heterocycles. The van der Waals surface area contributed by atoms with E-state index in [2.05, 4.69) is 5.32 Å². The van der Waals surface area contributed by atoms with Crippen LogP contribution in [0.3, 0.4) is 0 Å². The Morgan fingerprint density at radius 3 is 2.38 bits per heavy atom. The first-order valence-electron chi connectivity index (χ1n) is 8.08. The van der Waals surface area contributed by atoms with Gasteiger partial charge < -0.3 is 10.1 Å². The van der Waals surface area contributed by atoms with E-state index in [1.54, 1.807) is 12.1 Å². The minimum atomic E-state index is -3.79. The van der Waals surface area contributed by atoms with E-state index in [0.717, 1.165) is 11.6 Å². The number of hydrogen-bond donors (Lipinski definition) is 1. The molecular formula is C17H19N3O5S. The quantitative estimate of drug-likeness (QED) is 0.635. The molecule has 2 aromatic rings. The second kappa shape index (κ2) is 7.40. The molecule has 1 fully saturated rings. The van der Waals surface area contributed by atoms with E-state index in [1.807, 2.05) is 19.1 Å².